The molecule has 150 valence electrons. The number of aromatic nitrogens is 5. The van der Waals surface area contributed by atoms with Crippen LogP contribution >= 0.6 is 23.4 Å². The zero-order valence-electron chi connectivity index (χ0n) is 15.6. The Kier molecular flexibility index (Phi) is 4.48. The molecule has 3 heterocycles. The second-order valence-electron chi connectivity index (χ2n) is 6.61. The van der Waals surface area contributed by atoms with E-state index >= 15 is 0 Å². The van der Waals surface area contributed by atoms with Crippen molar-refractivity contribution in [3.63, 3.8) is 0 Å². The van der Waals surface area contributed by atoms with Gasteiger partial charge < -0.3 is 8.98 Å². The summed E-state index contributed by atoms with van der Waals surface area (Å²) in [5, 5.41) is 1.41. The van der Waals surface area contributed by atoms with Gasteiger partial charge in [0.2, 0.25) is 0 Å². The molecule has 0 spiro atoms. The molecule has 0 unspecified atom stereocenters. The maximum absolute atomic E-state index is 12.6. The van der Waals surface area contributed by atoms with Gasteiger partial charge in [0, 0.05) is 23.8 Å². The second-order valence-corrected chi connectivity index (χ2v) is 7.94. The average molecular weight is 440 g/mol. The SMILES string of the molecule is Cn1c(=O)[nH]c(=O)c2c1nc(Sc1nc3ccccc3o1)n2Cc1ccccc1Cl. The standard InChI is InChI=1S/C20H14ClN5O3S/c1-25-16-15(17(27)24-18(25)28)26(10-11-6-2-3-7-12(11)21)19(23-16)30-20-22-13-8-4-5-9-14(13)29-20/h2-9H,10H2,1H3,(H,24,27,28). The number of hydrogen-bond acceptors (Lipinski definition) is 6. The highest BCUT2D eigenvalue weighted by Gasteiger charge is 2.21. The topological polar surface area (TPSA) is 98.7 Å². The predicted octanol–water partition coefficient (Wildman–Crippen LogP) is 3.42. The number of rotatable bonds is 4. The molecule has 0 fully saturated rings. The van der Waals surface area contributed by atoms with Gasteiger partial charge >= 0.3 is 5.69 Å². The molecule has 10 heteroatoms. The largest absolute Gasteiger partial charge is 0.431 e. The zero-order chi connectivity index (χ0) is 20.8. The average Bonchev–Trinajstić information content (AvgIpc) is 3.29. The number of para-hydroxylation sites is 2. The Hall–Kier alpha value is -3.30. The Labute approximate surface area is 178 Å². The predicted molar refractivity (Wildman–Crippen MR) is 114 cm³/mol. The van der Waals surface area contributed by atoms with E-state index in [0.29, 0.717) is 27.5 Å². The summed E-state index contributed by atoms with van der Waals surface area (Å²) in [5.74, 6) is 0. The first-order chi connectivity index (χ1) is 14.5. The van der Waals surface area contributed by atoms with Crippen molar-refractivity contribution in [1.82, 2.24) is 24.1 Å². The molecule has 0 atom stereocenters. The number of oxazole rings is 1. The Morgan fingerprint density at radius 1 is 1.10 bits per heavy atom. The molecule has 8 nitrogen and oxygen atoms in total. The summed E-state index contributed by atoms with van der Waals surface area (Å²) >= 11 is 7.52. The molecule has 0 aliphatic heterocycles. The van der Waals surface area contributed by atoms with Crippen LogP contribution in [-0.2, 0) is 13.6 Å². The van der Waals surface area contributed by atoms with Gasteiger partial charge in [0.1, 0.15) is 5.52 Å². The normalized spacial score (nSPS) is 11.5. The molecule has 0 radical (unpaired) electrons. The van der Waals surface area contributed by atoms with Crippen LogP contribution in [0, 0.1) is 0 Å². The second kappa shape index (κ2) is 7.19. The Morgan fingerprint density at radius 3 is 2.67 bits per heavy atom. The number of fused-ring (bicyclic) bond motifs is 2. The van der Waals surface area contributed by atoms with Crippen LogP contribution in [-0.4, -0.2) is 24.1 Å². The smallest absolute Gasteiger partial charge is 0.329 e. The molecule has 5 rings (SSSR count). The number of nitrogens with zero attached hydrogens (tertiary/aromatic N) is 4. The number of imidazole rings is 1. The summed E-state index contributed by atoms with van der Waals surface area (Å²) in [6.07, 6.45) is 0. The molecule has 30 heavy (non-hydrogen) atoms. The summed E-state index contributed by atoms with van der Waals surface area (Å²) in [4.78, 5) is 36.1. The molecule has 5 aromatic rings. The highest BCUT2D eigenvalue weighted by Crippen LogP contribution is 2.32. The third-order valence-corrected chi connectivity index (χ3v) is 5.92. The Morgan fingerprint density at radius 2 is 1.87 bits per heavy atom. The van der Waals surface area contributed by atoms with Crippen molar-refractivity contribution in [3.05, 3.63) is 80.0 Å². The molecule has 0 bridgehead atoms. The summed E-state index contributed by atoms with van der Waals surface area (Å²) in [5.41, 5.74) is 1.68. The van der Waals surface area contributed by atoms with Crippen molar-refractivity contribution in [1.29, 1.82) is 0 Å². The quantitative estimate of drug-likeness (QED) is 0.460. The number of aromatic amines is 1. The minimum Gasteiger partial charge on any atom is -0.431 e. The zero-order valence-corrected chi connectivity index (χ0v) is 17.2. The van der Waals surface area contributed by atoms with E-state index in [4.69, 9.17) is 16.0 Å². The van der Waals surface area contributed by atoms with Gasteiger partial charge in [-0.2, -0.15) is 0 Å². The first-order valence-electron chi connectivity index (χ1n) is 8.97. The first kappa shape index (κ1) is 18.7. The number of nitrogens with one attached hydrogen (secondary N) is 1. The third-order valence-electron chi connectivity index (χ3n) is 4.71. The van der Waals surface area contributed by atoms with E-state index in [-0.39, 0.29) is 11.2 Å². The van der Waals surface area contributed by atoms with Crippen molar-refractivity contribution in [3.8, 4) is 0 Å². The highest BCUT2D eigenvalue weighted by molar-refractivity contribution is 7.99. The minimum atomic E-state index is -0.534. The molecule has 3 aromatic heterocycles. The maximum Gasteiger partial charge on any atom is 0.329 e. The van der Waals surface area contributed by atoms with Crippen LogP contribution in [0.5, 0.6) is 0 Å². The van der Waals surface area contributed by atoms with Crippen LogP contribution < -0.4 is 11.2 Å². The van der Waals surface area contributed by atoms with E-state index in [1.54, 1.807) is 17.7 Å². The molecule has 2 aromatic carbocycles. The molecular weight excluding hydrogens is 426 g/mol. The minimum absolute atomic E-state index is 0.273. The van der Waals surface area contributed by atoms with Crippen molar-refractivity contribution < 1.29 is 4.42 Å². The summed E-state index contributed by atoms with van der Waals surface area (Å²) in [7, 11) is 1.56. The molecule has 1 N–H and O–H groups in total. The lowest BCUT2D eigenvalue weighted by Gasteiger charge is -2.09. The fourth-order valence-corrected chi connectivity index (χ4v) is 4.23. The van der Waals surface area contributed by atoms with Crippen LogP contribution in [0.1, 0.15) is 5.56 Å². The van der Waals surface area contributed by atoms with E-state index in [0.717, 1.165) is 11.1 Å². The van der Waals surface area contributed by atoms with Crippen LogP contribution in [0.2, 0.25) is 5.02 Å². The summed E-state index contributed by atoms with van der Waals surface area (Å²) < 4.78 is 8.82. The van der Waals surface area contributed by atoms with E-state index in [1.165, 1.54) is 16.3 Å². The molecule has 0 saturated carbocycles. The van der Waals surface area contributed by atoms with Crippen LogP contribution in [0.3, 0.4) is 0 Å². The number of hydrogen-bond donors (Lipinski definition) is 1. The van der Waals surface area contributed by atoms with Crippen molar-refractivity contribution >= 4 is 45.6 Å². The van der Waals surface area contributed by atoms with E-state index in [2.05, 4.69) is 15.0 Å². The first-order valence-corrected chi connectivity index (χ1v) is 10.2. The number of benzene rings is 2. The summed E-state index contributed by atoms with van der Waals surface area (Å²) in [6.45, 7) is 0.292. The number of aryl methyl sites for hydroxylation is 1. The van der Waals surface area contributed by atoms with Crippen molar-refractivity contribution in [2.24, 2.45) is 7.05 Å². The van der Waals surface area contributed by atoms with Gasteiger partial charge in [-0.05, 0) is 23.8 Å². The molecule has 0 aliphatic carbocycles. The number of H-pyrrole nitrogens is 1. The van der Waals surface area contributed by atoms with Gasteiger partial charge in [-0.1, -0.05) is 41.9 Å². The van der Waals surface area contributed by atoms with E-state index in [1.807, 2.05) is 42.5 Å². The lowest BCUT2D eigenvalue weighted by molar-refractivity contribution is 0.488. The fraction of sp³-hybridized carbons (Fsp3) is 0.100. The maximum atomic E-state index is 12.6. The van der Waals surface area contributed by atoms with Crippen molar-refractivity contribution in [2.75, 3.05) is 0 Å². The van der Waals surface area contributed by atoms with Crippen LogP contribution in [0.4, 0.5) is 0 Å². The fourth-order valence-electron chi connectivity index (χ4n) is 3.21. The molecule has 0 saturated heterocycles. The molecule has 0 aliphatic rings. The lowest BCUT2D eigenvalue weighted by atomic mass is 10.2. The van der Waals surface area contributed by atoms with Crippen LogP contribution in [0.25, 0.3) is 22.3 Å². The Balaban J connectivity index is 1.70. The third kappa shape index (κ3) is 3.12. The highest BCUT2D eigenvalue weighted by atomic mass is 35.5. The Bertz CT molecular complexity index is 1500. The van der Waals surface area contributed by atoms with Crippen LogP contribution in [0.15, 0.2) is 72.9 Å². The van der Waals surface area contributed by atoms with E-state index in [9.17, 15) is 9.59 Å². The summed E-state index contributed by atoms with van der Waals surface area (Å²) in [6, 6.07) is 14.8. The van der Waals surface area contributed by atoms with Gasteiger partial charge in [0.15, 0.2) is 21.9 Å². The van der Waals surface area contributed by atoms with E-state index < -0.39 is 11.2 Å². The van der Waals surface area contributed by atoms with Crippen molar-refractivity contribution in [2.45, 2.75) is 16.9 Å². The number of halogens is 1. The van der Waals surface area contributed by atoms with Gasteiger partial charge in [-0.25, -0.2) is 14.8 Å². The van der Waals surface area contributed by atoms with Gasteiger partial charge in [0.05, 0.1) is 6.54 Å². The van der Waals surface area contributed by atoms with Gasteiger partial charge in [0.25, 0.3) is 10.8 Å². The van der Waals surface area contributed by atoms with Gasteiger partial charge in [-0.3, -0.25) is 14.3 Å². The molecule has 0 amide bonds. The molecular formula is C20H14ClN5O3S. The monoisotopic (exact) mass is 439 g/mol. The van der Waals surface area contributed by atoms with Gasteiger partial charge in [-0.15, -0.1) is 0 Å². The lowest BCUT2D eigenvalue weighted by Crippen LogP contribution is -2.29.